The van der Waals surface area contributed by atoms with Gasteiger partial charge in [-0.3, -0.25) is 0 Å². The van der Waals surface area contributed by atoms with E-state index in [4.69, 9.17) is 11.6 Å². The summed E-state index contributed by atoms with van der Waals surface area (Å²) in [5.41, 5.74) is 2.25. The summed E-state index contributed by atoms with van der Waals surface area (Å²) in [4.78, 5) is 4.43. The highest BCUT2D eigenvalue weighted by Gasteiger charge is 2.17. The SMILES string of the molecule is Cc1cc2c(cc1F)nc(C(C)Cl)n2C(C)C. The van der Waals surface area contributed by atoms with Crippen LogP contribution in [0.5, 0.6) is 0 Å². The lowest BCUT2D eigenvalue weighted by molar-refractivity contribution is 0.583. The van der Waals surface area contributed by atoms with E-state index in [1.807, 2.05) is 13.0 Å². The van der Waals surface area contributed by atoms with Crippen molar-refractivity contribution in [1.82, 2.24) is 9.55 Å². The van der Waals surface area contributed by atoms with Crippen LogP contribution in [-0.2, 0) is 0 Å². The number of hydrogen-bond acceptors (Lipinski definition) is 1. The maximum Gasteiger partial charge on any atom is 0.128 e. The summed E-state index contributed by atoms with van der Waals surface area (Å²) in [7, 11) is 0. The summed E-state index contributed by atoms with van der Waals surface area (Å²) in [6.07, 6.45) is 0. The topological polar surface area (TPSA) is 17.8 Å². The van der Waals surface area contributed by atoms with Crippen LogP contribution in [0.4, 0.5) is 4.39 Å². The van der Waals surface area contributed by atoms with Crippen LogP contribution >= 0.6 is 11.6 Å². The van der Waals surface area contributed by atoms with Gasteiger partial charge in [-0.1, -0.05) is 0 Å². The molecule has 0 amide bonds. The van der Waals surface area contributed by atoms with Gasteiger partial charge in [0, 0.05) is 12.1 Å². The Bertz CT molecular complexity index is 558. The average molecular weight is 255 g/mol. The van der Waals surface area contributed by atoms with Gasteiger partial charge in [0.15, 0.2) is 0 Å². The van der Waals surface area contributed by atoms with Gasteiger partial charge in [0.05, 0.1) is 16.4 Å². The van der Waals surface area contributed by atoms with Gasteiger partial charge in [-0.25, -0.2) is 9.37 Å². The Morgan fingerprint density at radius 2 is 1.94 bits per heavy atom. The molecule has 0 aliphatic heterocycles. The van der Waals surface area contributed by atoms with Crippen molar-refractivity contribution in [2.45, 2.75) is 39.1 Å². The molecule has 0 aliphatic rings. The average Bonchev–Trinajstić information content (AvgIpc) is 2.57. The summed E-state index contributed by atoms with van der Waals surface area (Å²) in [6.45, 7) is 7.78. The Labute approximate surface area is 105 Å². The summed E-state index contributed by atoms with van der Waals surface area (Å²) in [6, 6.07) is 3.56. The summed E-state index contributed by atoms with van der Waals surface area (Å²) in [5.74, 6) is 0.571. The third-order valence-electron chi connectivity index (χ3n) is 2.87. The Kier molecular flexibility index (Phi) is 3.13. The van der Waals surface area contributed by atoms with E-state index in [9.17, 15) is 4.39 Å². The molecule has 0 radical (unpaired) electrons. The highest BCUT2D eigenvalue weighted by molar-refractivity contribution is 6.20. The van der Waals surface area contributed by atoms with Crippen LogP contribution in [0.25, 0.3) is 11.0 Å². The van der Waals surface area contributed by atoms with Crippen molar-refractivity contribution < 1.29 is 4.39 Å². The van der Waals surface area contributed by atoms with Crippen molar-refractivity contribution in [3.8, 4) is 0 Å². The van der Waals surface area contributed by atoms with Crippen molar-refractivity contribution in [2.75, 3.05) is 0 Å². The van der Waals surface area contributed by atoms with Crippen LogP contribution in [0.2, 0.25) is 0 Å². The molecule has 1 heterocycles. The normalized spacial score (nSPS) is 13.6. The smallest absolute Gasteiger partial charge is 0.128 e. The van der Waals surface area contributed by atoms with Gasteiger partial charge in [-0.15, -0.1) is 11.6 Å². The zero-order chi connectivity index (χ0) is 12.7. The summed E-state index contributed by atoms with van der Waals surface area (Å²) >= 11 is 6.13. The first-order valence-corrected chi connectivity index (χ1v) is 6.17. The first-order chi connectivity index (χ1) is 7.91. The number of halogens is 2. The summed E-state index contributed by atoms with van der Waals surface area (Å²) < 4.78 is 15.6. The molecule has 1 unspecified atom stereocenters. The lowest BCUT2D eigenvalue weighted by Crippen LogP contribution is -2.06. The minimum absolute atomic E-state index is 0.187. The zero-order valence-electron chi connectivity index (χ0n) is 10.5. The minimum atomic E-state index is -0.223. The number of aryl methyl sites for hydroxylation is 1. The maximum atomic E-state index is 13.5. The number of nitrogens with zero attached hydrogens (tertiary/aromatic N) is 2. The second kappa shape index (κ2) is 4.30. The first kappa shape index (κ1) is 12.4. The fourth-order valence-corrected chi connectivity index (χ4v) is 2.22. The van der Waals surface area contributed by atoms with Gasteiger partial charge < -0.3 is 4.57 Å². The Balaban J connectivity index is 2.80. The molecule has 1 atom stereocenters. The van der Waals surface area contributed by atoms with E-state index < -0.39 is 0 Å². The molecule has 2 rings (SSSR count). The molecule has 4 heteroatoms. The minimum Gasteiger partial charge on any atom is -0.324 e. The molecule has 0 spiro atoms. The number of hydrogen-bond donors (Lipinski definition) is 0. The molecule has 17 heavy (non-hydrogen) atoms. The molecule has 0 aliphatic carbocycles. The van der Waals surface area contributed by atoms with E-state index in [0.717, 1.165) is 11.3 Å². The molecule has 2 aromatic rings. The molecular formula is C13H16ClFN2. The largest absolute Gasteiger partial charge is 0.324 e. The lowest BCUT2D eigenvalue weighted by Gasteiger charge is -2.14. The van der Waals surface area contributed by atoms with Crippen LogP contribution in [0, 0.1) is 12.7 Å². The molecule has 0 saturated heterocycles. The third kappa shape index (κ3) is 2.04. The van der Waals surface area contributed by atoms with Crippen LogP contribution in [0.3, 0.4) is 0 Å². The van der Waals surface area contributed by atoms with Crippen molar-refractivity contribution in [3.63, 3.8) is 0 Å². The summed E-state index contributed by atoms with van der Waals surface area (Å²) in [5, 5.41) is -0.187. The number of alkyl halides is 1. The van der Waals surface area contributed by atoms with Gasteiger partial charge in [0.25, 0.3) is 0 Å². The second-order valence-corrected chi connectivity index (χ2v) is 5.29. The van der Waals surface area contributed by atoms with Gasteiger partial charge in [-0.2, -0.15) is 0 Å². The number of aromatic nitrogens is 2. The van der Waals surface area contributed by atoms with Crippen LogP contribution in [-0.4, -0.2) is 9.55 Å². The fraction of sp³-hybridized carbons (Fsp3) is 0.462. The van der Waals surface area contributed by atoms with Crippen LogP contribution in [0.1, 0.15) is 43.6 Å². The first-order valence-electron chi connectivity index (χ1n) is 5.74. The van der Waals surface area contributed by atoms with E-state index in [1.165, 1.54) is 6.07 Å². The van der Waals surface area contributed by atoms with Gasteiger partial charge in [0.2, 0.25) is 0 Å². The molecule has 0 bridgehead atoms. The third-order valence-corrected chi connectivity index (χ3v) is 3.06. The Morgan fingerprint density at radius 1 is 1.29 bits per heavy atom. The van der Waals surface area contributed by atoms with E-state index in [2.05, 4.69) is 23.4 Å². The van der Waals surface area contributed by atoms with E-state index >= 15 is 0 Å². The molecule has 0 fully saturated rings. The Morgan fingerprint density at radius 3 is 2.47 bits per heavy atom. The van der Waals surface area contributed by atoms with Crippen molar-refractivity contribution in [3.05, 3.63) is 29.3 Å². The van der Waals surface area contributed by atoms with Gasteiger partial charge in [-0.05, 0) is 39.3 Å². The van der Waals surface area contributed by atoms with E-state index in [1.54, 1.807) is 6.92 Å². The highest BCUT2D eigenvalue weighted by Crippen LogP contribution is 2.29. The molecule has 2 nitrogen and oxygen atoms in total. The molecule has 0 N–H and O–H groups in total. The molecule has 1 aromatic carbocycles. The monoisotopic (exact) mass is 254 g/mol. The molecule has 1 aromatic heterocycles. The predicted octanol–water partition coefficient (Wildman–Crippen LogP) is 4.36. The molecular weight excluding hydrogens is 239 g/mol. The lowest BCUT2D eigenvalue weighted by atomic mass is 10.2. The maximum absolute atomic E-state index is 13.5. The highest BCUT2D eigenvalue weighted by atomic mass is 35.5. The Hall–Kier alpha value is -1.09. The van der Waals surface area contributed by atoms with E-state index in [-0.39, 0.29) is 17.2 Å². The second-order valence-electron chi connectivity index (χ2n) is 4.64. The number of imidazole rings is 1. The van der Waals surface area contributed by atoms with Crippen molar-refractivity contribution >= 4 is 22.6 Å². The quantitative estimate of drug-likeness (QED) is 0.728. The molecule has 0 saturated carbocycles. The predicted molar refractivity (Wildman–Crippen MR) is 69.1 cm³/mol. The number of rotatable bonds is 2. The van der Waals surface area contributed by atoms with Crippen molar-refractivity contribution in [1.29, 1.82) is 0 Å². The standard InChI is InChI=1S/C13H16ClFN2/c1-7(2)17-12-5-8(3)10(15)6-11(12)16-13(17)9(4)14/h5-7,9H,1-4H3. The fourth-order valence-electron chi connectivity index (χ4n) is 2.06. The van der Waals surface area contributed by atoms with Crippen LogP contribution in [0.15, 0.2) is 12.1 Å². The van der Waals surface area contributed by atoms with Gasteiger partial charge in [0.1, 0.15) is 11.6 Å². The van der Waals surface area contributed by atoms with E-state index in [0.29, 0.717) is 11.1 Å². The van der Waals surface area contributed by atoms with Crippen LogP contribution < -0.4 is 0 Å². The number of benzene rings is 1. The van der Waals surface area contributed by atoms with Gasteiger partial charge >= 0.3 is 0 Å². The number of fused-ring (bicyclic) bond motifs is 1. The zero-order valence-corrected chi connectivity index (χ0v) is 11.2. The molecule has 92 valence electrons. The van der Waals surface area contributed by atoms with Crippen molar-refractivity contribution in [2.24, 2.45) is 0 Å².